The molecule has 150 valence electrons. The fourth-order valence-electron chi connectivity index (χ4n) is 2.41. The van der Waals surface area contributed by atoms with Gasteiger partial charge in [-0.1, -0.05) is 17.7 Å². The Bertz CT molecular complexity index is 995. The normalized spacial score (nSPS) is 10.8. The summed E-state index contributed by atoms with van der Waals surface area (Å²) >= 11 is 5.91. The molecule has 2 N–H and O–H groups in total. The zero-order valence-electron chi connectivity index (χ0n) is 15.9. The summed E-state index contributed by atoms with van der Waals surface area (Å²) in [6, 6.07) is 11.6. The molecule has 29 heavy (non-hydrogen) atoms. The van der Waals surface area contributed by atoms with Crippen LogP contribution in [0.1, 0.15) is 18.1 Å². The van der Waals surface area contributed by atoms with Crippen molar-refractivity contribution in [1.29, 1.82) is 5.26 Å². The maximum absolute atomic E-state index is 12.5. The van der Waals surface area contributed by atoms with Crippen molar-refractivity contribution in [3.05, 3.63) is 58.1 Å². The highest BCUT2D eigenvalue weighted by atomic mass is 35.5. The molecule has 0 bridgehead atoms. The van der Waals surface area contributed by atoms with E-state index in [1.165, 1.54) is 12.1 Å². The van der Waals surface area contributed by atoms with Gasteiger partial charge in [-0.05, 0) is 61.4 Å². The number of amides is 1. The van der Waals surface area contributed by atoms with Crippen molar-refractivity contribution in [2.45, 2.75) is 13.8 Å². The number of rotatable bonds is 8. The second kappa shape index (κ2) is 10.2. The summed E-state index contributed by atoms with van der Waals surface area (Å²) < 4.78 is 10.7. The van der Waals surface area contributed by atoms with Gasteiger partial charge in [-0.15, -0.1) is 0 Å². The van der Waals surface area contributed by atoms with Crippen LogP contribution in [0, 0.1) is 18.3 Å². The first-order valence-corrected chi connectivity index (χ1v) is 9.02. The summed E-state index contributed by atoms with van der Waals surface area (Å²) in [7, 11) is 0. The molecule has 0 fully saturated rings. The number of carboxylic acid groups (broad SMARTS) is 1. The van der Waals surface area contributed by atoms with E-state index in [1.54, 1.807) is 44.2 Å². The van der Waals surface area contributed by atoms with Crippen molar-refractivity contribution in [2.75, 3.05) is 18.5 Å². The van der Waals surface area contributed by atoms with Gasteiger partial charge in [0.15, 0.2) is 18.1 Å². The summed E-state index contributed by atoms with van der Waals surface area (Å²) in [4.78, 5) is 23.2. The number of nitriles is 1. The van der Waals surface area contributed by atoms with E-state index in [-0.39, 0.29) is 11.3 Å². The van der Waals surface area contributed by atoms with Crippen LogP contribution >= 0.6 is 11.6 Å². The molecule has 0 aromatic heterocycles. The minimum absolute atomic E-state index is 0.110. The fourth-order valence-corrected chi connectivity index (χ4v) is 2.64. The number of benzene rings is 2. The molecule has 0 unspecified atom stereocenters. The smallest absolute Gasteiger partial charge is 0.341 e. The Balaban J connectivity index is 2.26. The molecule has 0 spiro atoms. The van der Waals surface area contributed by atoms with E-state index in [9.17, 15) is 14.9 Å². The Morgan fingerprint density at radius 3 is 2.59 bits per heavy atom. The zero-order chi connectivity index (χ0) is 21.4. The van der Waals surface area contributed by atoms with Crippen molar-refractivity contribution < 1.29 is 24.2 Å². The van der Waals surface area contributed by atoms with E-state index < -0.39 is 18.5 Å². The largest absolute Gasteiger partial charge is 0.490 e. The number of anilines is 1. The van der Waals surface area contributed by atoms with E-state index in [1.807, 2.05) is 6.07 Å². The third-order valence-electron chi connectivity index (χ3n) is 3.73. The van der Waals surface area contributed by atoms with Crippen molar-refractivity contribution in [3.63, 3.8) is 0 Å². The van der Waals surface area contributed by atoms with Gasteiger partial charge in [0.1, 0.15) is 11.6 Å². The van der Waals surface area contributed by atoms with E-state index in [0.29, 0.717) is 28.6 Å². The topological polar surface area (TPSA) is 109 Å². The van der Waals surface area contributed by atoms with Crippen molar-refractivity contribution in [2.24, 2.45) is 0 Å². The number of carbonyl (C=O) groups is 2. The lowest BCUT2D eigenvalue weighted by Gasteiger charge is -2.11. The number of halogens is 1. The highest BCUT2D eigenvalue weighted by Gasteiger charge is 2.13. The molecular weight excluding hydrogens is 396 g/mol. The highest BCUT2D eigenvalue weighted by Crippen LogP contribution is 2.29. The Morgan fingerprint density at radius 2 is 1.97 bits per heavy atom. The molecule has 0 aliphatic rings. The number of hydrogen-bond acceptors (Lipinski definition) is 5. The van der Waals surface area contributed by atoms with E-state index in [4.69, 9.17) is 26.2 Å². The fraction of sp³-hybridized carbons (Fsp3) is 0.190. The number of ether oxygens (including phenoxy) is 2. The van der Waals surface area contributed by atoms with Crippen LogP contribution in [0.3, 0.4) is 0 Å². The summed E-state index contributed by atoms with van der Waals surface area (Å²) in [6.45, 7) is 3.38. The quantitative estimate of drug-likeness (QED) is 0.498. The first-order valence-electron chi connectivity index (χ1n) is 8.64. The average Bonchev–Trinajstić information content (AvgIpc) is 2.67. The third kappa shape index (κ3) is 6.26. The van der Waals surface area contributed by atoms with Crippen molar-refractivity contribution in [3.8, 4) is 17.6 Å². The Kier molecular flexibility index (Phi) is 7.63. The number of aliphatic carboxylic acids is 1. The number of carboxylic acids is 1. The van der Waals surface area contributed by atoms with Gasteiger partial charge in [-0.2, -0.15) is 5.26 Å². The third-order valence-corrected chi connectivity index (χ3v) is 3.97. The van der Waals surface area contributed by atoms with Gasteiger partial charge >= 0.3 is 5.97 Å². The molecule has 1 amide bonds. The van der Waals surface area contributed by atoms with Crippen LogP contribution in [0.25, 0.3) is 6.08 Å². The first-order chi connectivity index (χ1) is 13.8. The number of hydrogen-bond donors (Lipinski definition) is 2. The molecule has 8 heteroatoms. The standard InChI is InChI=1S/C21H19ClN2O5/c1-3-28-19-10-14(4-7-18(19)29-12-20(25)26)9-15(11-23)21(27)24-17-6-5-16(22)8-13(17)2/h4-10H,3,12H2,1-2H3,(H,24,27)(H,25,26)/b15-9+. The number of nitrogens with zero attached hydrogens (tertiary/aromatic N) is 1. The average molecular weight is 415 g/mol. The van der Waals surface area contributed by atoms with Crippen LogP contribution in [-0.4, -0.2) is 30.2 Å². The van der Waals surface area contributed by atoms with Crippen molar-refractivity contribution >= 4 is 35.2 Å². The van der Waals surface area contributed by atoms with Crippen LogP contribution < -0.4 is 14.8 Å². The van der Waals surface area contributed by atoms with E-state index in [2.05, 4.69) is 5.32 Å². The van der Waals surface area contributed by atoms with Crippen LogP contribution in [0.5, 0.6) is 11.5 Å². The SMILES string of the molecule is CCOc1cc(/C=C(\C#N)C(=O)Nc2ccc(Cl)cc2C)ccc1OCC(=O)O. The lowest BCUT2D eigenvalue weighted by Crippen LogP contribution is -2.14. The second-order valence-corrected chi connectivity index (χ2v) is 6.34. The van der Waals surface area contributed by atoms with Crippen molar-refractivity contribution in [1.82, 2.24) is 0 Å². The summed E-state index contributed by atoms with van der Waals surface area (Å²) in [5.41, 5.74) is 1.73. The molecule has 2 aromatic rings. The van der Waals surface area contributed by atoms with Crippen LogP contribution in [0.15, 0.2) is 42.0 Å². The van der Waals surface area contributed by atoms with Gasteiger partial charge in [-0.25, -0.2) is 4.79 Å². The lowest BCUT2D eigenvalue weighted by molar-refractivity contribution is -0.139. The van der Waals surface area contributed by atoms with Crippen LogP contribution in [-0.2, 0) is 9.59 Å². The Hall–Kier alpha value is -3.50. The summed E-state index contributed by atoms with van der Waals surface area (Å²) in [6.07, 6.45) is 1.41. The predicted molar refractivity (Wildman–Crippen MR) is 109 cm³/mol. The molecule has 0 heterocycles. The molecule has 0 atom stereocenters. The number of carbonyl (C=O) groups excluding carboxylic acids is 1. The van der Waals surface area contributed by atoms with Gasteiger partial charge < -0.3 is 19.9 Å². The molecule has 0 radical (unpaired) electrons. The predicted octanol–water partition coefficient (Wildman–Crippen LogP) is 4.06. The van der Waals surface area contributed by atoms with Gasteiger partial charge in [0.25, 0.3) is 5.91 Å². The van der Waals surface area contributed by atoms with Gasteiger partial charge in [0, 0.05) is 10.7 Å². The maximum Gasteiger partial charge on any atom is 0.341 e. The molecule has 2 aromatic carbocycles. The first kappa shape index (κ1) is 21.8. The minimum Gasteiger partial charge on any atom is -0.490 e. The van der Waals surface area contributed by atoms with Gasteiger partial charge in [0.05, 0.1) is 6.61 Å². The molecular formula is C21H19ClN2O5. The molecule has 0 aliphatic carbocycles. The molecule has 7 nitrogen and oxygen atoms in total. The van der Waals surface area contributed by atoms with Crippen LogP contribution in [0.2, 0.25) is 5.02 Å². The summed E-state index contributed by atoms with van der Waals surface area (Å²) in [5, 5.41) is 21.4. The molecule has 0 aliphatic heterocycles. The zero-order valence-corrected chi connectivity index (χ0v) is 16.6. The number of aryl methyl sites for hydroxylation is 1. The second-order valence-electron chi connectivity index (χ2n) is 5.90. The van der Waals surface area contributed by atoms with Gasteiger partial charge in [-0.3, -0.25) is 4.79 Å². The maximum atomic E-state index is 12.5. The minimum atomic E-state index is -1.11. The monoisotopic (exact) mass is 414 g/mol. The molecule has 2 rings (SSSR count). The van der Waals surface area contributed by atoms with E-state index in [0.717, 1.165) is 5.56 Å². The highest BCUT2D eigenvalue weighted by molar-refractivity contribution is 6.30. The Morgan fingerprint density at radius 1 is 1.21 bits per heavy atom. The van der Waals surface area contributed by atoms with Crippen LogP contribution in [0.4, 0.5) is 5.69 Å². The van der Waals surface area contributed by atoms with E-state index >= 15 is 0 Å². The molecule has 0 saturated heterocycles. The molecule has 0 saturated carbocycles. The number of nitrogens with one attached hydrogen (secondary N) is 1. The van der Waals surface area contributed by atoms with Gasteiger partial charge in [0.2, 0.25) is 0 Å². The summed E-state index contributed by atoms with van der Waals surface area (Å²) in [5.74, 6) is -1.11. The Labute approximate surface area is 173 Å². The lowest BCUT2D eigenvalue weighted by atomic mass is 10.1.